The van der Waals surface area contributed by atoms with E-state index >= 15 is 0 Å². The molecule has 2 aromatic carbocycles. The number of benzene rings is 2. The lowest BCUT2D eigenvalue weighted by Crippen LogP contribution is -2.50. The van der Waals surface area contributed by atoms with Gasteiger partial charge in [-0.25, -0.2) is 0 Å². The van der Waals surface area contributed by atoms with Gasteiger partial charge in [0.1, 0.15) is 6.61 Å². The van der Waals surface area contributed by atoms with E-state index in [-0.39, 0.29) is 46.7 Å². The number of piperazine rings is 1. The highest BCUT2D eigenvalue weighted by Crippen LogP contribution is 2.37. The normalized spacial score (nSPS) is 20.9. The van der Waals surface area contributed by atoms with Crippen molar-refractivity contribution in [1.82, 2.24) is 4.90 Å². The van der Waals surface area contributed by atoms with Crippen LogP contribution < -0.4 is 10.2 Å². The smallest absolute Gasteiger partial charge is 0.382 e. The number of nitrogens with one attached hydrogen (secondary N) is 1. The number of nitrogens with zero attached hydrogens (tertiary/aromatic N) is 2. The van der Waals surface area contributed by atoms with Crippen LogP contribution in [0.3, 0.4) is 0 Å². The van der Waals surface area contributed by atoms with E-state index in [2.05, 4.69) is 55.3 Å². The van der Waals surface area contributed by atoms with E-state index < -0.39 is 5.51 Å². The Hall–Kier alpha value is -2.39. The predicted molar refractivity (Wildman–Crippen MR) is 148 cm³/mol. The Kier molecular flexibility index (Phi) is 9.19. The van der Waals surface area contributed by atoms with Gasteiger partial charge in [0.15, 0.2) is 0 Å². The minimum atomic E-state index is -4.28. The van der Waals surface area contributed by atoms with E-state index in [1.54, 1.807) is 12.1 Å². The molecule has 1 aliphatic carbocycles. The average molecular weight is 550 g/mol. The van der Waals surface area contributed by atoms with Crippen LogP contribution >= 0.6 is 11.8 Å². The number of amides is 1. The zero-order valence-electron chi connectivity index (χ0n) is 22.4. The molecular weight excluding hydrogens is 511 g/mol. The molecule has 5 nitrogen and oxygen atoms in total. The van der Waals surface area contributed by atoms with Crippen LogP contribution in [0.15, 0.2) is 53.4 Å². The highest BCUT2D eigenvalue weighted by Gasteiger charge is 2.29. The molecule has 9 heteroatoms. The van der Waals surface area contributed by atoms with Crippen molar-refractivity contribution in [2.45, 2.75) is 74.4 Å². The van der Waals surface area contributed by atoms with Gasteiger partial charge in [0, 0.05) is 48.5 Å². The van der Waals surface area contributed by atoms with Crippen LogP contribution in [0.1, 0.15) is 52.0 Å². The molecule has 0 atom stereocenters. The molecule has 1 N–H and O–H groups in total. The maximum atomic E-state index is 12.8. The maximum Gasteiger partial charge on any atom is 0.446 e. The SMILES string of the molecule is CC(C)(C)c1ccc(N2CCN(C(=O)COC3CCC(Nc4ccc(SC(F)(F)F)cc4)CC3)CC2)cc1. The molecule has 2 aromatic rings. The lowest BCUT2D eigenvalue weighted by molar-refractivity contribution is -0.139. The van der Waals surface area contributed by atoms with Crippen LogP contribution in [0.5, 0.6) is 0 Å². The molecule has 1 aliphatic heterocycles. The molecule has 1 amide bonds. The molecule has 4 rings (SSSR count). The number of thioether (sulfide) groups is 1. The molecule has 2 aliphatic rings. The Morgan fingerprint density at radius 2 is 1.53 bits per heavy atom. The highest BCUT2D eigenvalue weighted by molar-refractivity contribution is 8.00. The fourth-order valence-corrected chi connectivity index (χ4v) is 5.57. The molecule has 1 saturated carbocycles. The first-order valence-electron chi connectivity index (χ1n) is 13.3. The fourth-order valence-electron chi connectivity index (χ4n) is 5.03. The topological polar surface area (TPSA) is 44.8 Å². The molecule has 208 valence electrons. The van der Waals surface area contributed by atoms with E-state index in [9.17, 15) is 18.0 Å². The van der Waals surface area contributed by atoms with Crippen molar-refractivity contribution in [2.75, 3.05) is 43.0 Å². The number of alkyl halides is 3. The summed E-state index contributed by atoms with van der Waals surface area (Å²) in [5.41, 5.74) is -0.812. The van der Waals surface area contributed by atoms with Gasteiger partial charge in [-0.1, -0.05) is 32.9 Å². The Morgan fingerprint density at radius 3 is 2.08 bits per heavy atom. The summed E-state index contributed by atoms with van der Waals surface area (Å²) in [6, 6.07) is 15.3. The van der Waals surface area contributed by atoms with Crippen molar-refractivity contribution < 1.29 is 22.7 Å². The number of hydrogen-bond donors (Lipinski definition) is 1. The minimum Gasteiger partial charge on any atom is -0.382 e. The van der Waals surface area contributed by atoms with Gasteiger partial charge in [-0.2, -0.15) is 13.2 Å². The number of rotatable bonds is 7. The number of carbonyl (C=O) groups is 1. The third kappa shape index (κ3) is 8.30. The zero-order chi connectivity index (χ0) is 27.3. The fraction of sp³-hybridized carbons (Fsp3) is 0.552. The third-order valence-electron chi connectivity index (χ3n) is 7.31. The second kappa shape index (κ2) is 12.2. The molecule has 1 heterocycles. The first kappa shape index (κ1) is 28.6. The van der Waals surface area contributed by atoms with Crippen molar-refractivity contribution in [1.29, 1.82) is 0 Å². The number of halogens is 3. The van der Waals surface area contributed by atoms with Gasteiger partial charge in [-0.05, 0) is 84.8 Å². The van der Waals surface area contributed by atoms with Crippen molar-refractivity contribution >= 4 is 29.0 Å². The molecule has 38 heavy (non-hydrogen) atoms. The molecule has 0 aromatic heterocycles. The minimum absolute atomic E-state index is 0.0461. The monoisotopic (exact) mass is 549 g/mol. The first-order chi connectivity index (χ1) is 18.0. The zero-order valence-corrected chi connectivity index (χ0v) is 23.2. The van der Waals surface area contributed by atoms with Crippen molar-refractivity contribution in [3.05, 3.63) is 54.1 Å². The number of anilines is 2. The van der Waals surface area contributed by atoms with Crippen LogP contribution in [0.4, 0.5) is 24.5 Å². The molecule has 0 unspecified atom stereocenters. The van der Waals surface area contributed by atoms with E-state index in [1.165, 1.54) is 23.4 Å². The molecular formula is C29H38F3N3O2S. The van der Waals surface area contributed by atoms with Gasteiger partial charge in [0.05, 0.1) is 6.10 Å². The van der Waals surface area contributed by atoms with Crippen LogP contribution in [0.25, 0.3) is 0 Å². The van der Waals surface area contributed by atoms with E-state index in [0.717, 1.165) is 44.5 Å². The summed E-state index contributed by atoms with van der Waals surface area (Å²) in [6.45, 7) is 9.76. The second-order valence-electron chi connectivity index (χ2n) is 11.2. The van der Waals surface area contributed by atoms with Crippen molar-refractivity contribution in [3.8, 4) is 0 Å². The largest absolute Gasteiger partial charge is 0.446 e. The summed E-state index contributed by atoms with van der Waals surface area (Å²) in [5, 5.41) is 3.41. The van der Waals surface area contributed by atoms with Crippen LogP contribution in [-0.4, -0.2) is 61.2 Å². The van der Waals surface area contributed by atoms with E-state index in [1.807, 2.05) is 4.90 Å². The van der Waals surface area contributed by atoms with E-state index in [0.29, 0.717) is 13.1 Å². The van der Waals surface area contributed by atoms with Gasteiger partial charge >= 0.3 is 5.51 Å². The lowest BCUT2D eigenvalue weighted by atomic mass is 9.87. The standard InChI is InChI=1S/C29H38F3N3O2S/c1-28(2,3)21-4-10-24(11-5-21)34-16-18-35(19-17-34)27(36)20-37-25-12-6-22(7-13-25)33-23-8-14-26(15-9-23)38-29(30,31)32/h4-5,8-11,14-15,22,25,33H,6-7,12-13,16-20H2,1-3H3. The van der Waals surface area contributed by atoms with Gasteiger partial charge in [0.2, 0.25) is 5.91 Å². The number of carbonyl (C=O) groups excluding carboxylic acids is 1. The first-order valence-corrected chi connectivity index (χ1v) is 14.2. The Labute approximate surface area is 228 Å². The second-order valence-corrected chi connectivity index (χ2v) is 12.3. The Bertz CT molecular complexity index is 1040. The number of hydrogen-bond acceptors (Lipinski definition) is 5. The van der Waals surface area contributed by atoms with Gasteiger partial charge in [-0.15, -0.1) is 0 Å². The predicted octanol–water partition coefficient (Wildman–Crippen LogP) is 6.68. The summed E-state index contributed by atoms with van der Waals surface area (Å²) in [4.78, 5) is 17.2. The molecule has 0 bridgehead atoms. The highest BCUT2D eigenvalue weighted by atomic mass is 32.2. The van der Waals surface area contributed by atoms with Gasteiger partial charge in [0.25, 0.3) is 0 Å². The summed E-state index contributed by atoms with van der Waals surface area (Å²) in [5.74, 6) is 0.0461. The van der Waals surface area contributed by atoms with Crippen molar-refractivity contribution in [2.24, 2.45) is 0 Å². The van der Waals surface area contributed by atoms with E-state index in [4.69, 9.17) is 4.74 Å². The Balaban J connectivity index is 1.14. The molecule has 0 radical (unpaired) electrons. The van der Waals surface area contributed by atoms with Crippen molar-refractivity contribution in [3.63, 3.8) is 0 Å². The lowest BCUT2D eigenvalue weighted by Gasteiger charge is -2.37. The third-order valence-corrected chi connectivity index (χ3v) is 8.05. The number of ether oxygens (including phenoxy) is 1. The van der Waals surface area contributed by atoms with Gasteiger partial charge < -0.3 is 19.9 Å². The summed E-state index contributed by atoms with van der Waals surface area (Å²) < 4.78 is 43.5. The molecule has 2 fully saturated rings. The molecule has 1 saturated heterocycles. The average Bonchev–Trinajstić information content (AvgIpc) is 2.88. The summed E-state index contributed by atoms with van der Waals surface area (Å²) in [6.07, 6.45) is 3.55. The van der Waals surface area contributed by atoms with Crippen LogP contribution in [0.2, 0.25) is 0 Å². The Morgan fingerprint density at radius 1 is 0.921 bits per heavy atom. The molecule has 0 spiro atoms. The van der Waals surface area contributed by atoms with Crippen LogP contribution in [-0.2, 0) is 14.9 Å². The summed E-state index contributed by atoms with van der Waals surface area (Å²) >= 11 is -0.104. The van der Waals surface area contributed by atoms with Crippen LogP contribution in [0, 0.1) is 0 Å². The van der Waals surface area contributed by atoms with Gasteiger partial charge in [-0.3, -0.25) is 4.79 Å². The summed E-state index contributed by atoms with van der Waals surface area (Å²) in [7, 11) is 0. The quantitative estimate of drug-likeness (QED) is 0.390. The maximum absolute atomic E-state index is 12.8.